The highest BCUT2D eigenvalue weighted by atomic mass is 28.4. The first-order valence-electron chi connectivity index (χ1n) is 7.16. The molecular weight excluding hydrogens is 302 g/mol. The molecule has 2 N–H and O–H groups in total. The second kappa shape index (κ2) is 6.95. The van der Waals surface area contributed by atoms with Gasteiger partial charge in [-0.05, 0) is 40.4 Å². The number of alkyl carbamates (subject to hydrolysis) is 1. The van der Waals surface area contributed by atoms with Crippen molar-refractivity contribution in [2.45, 2.75) is 58.5 Å². The molecule has 1 amide bonds. The highest BCUT2D eigenvalue weighted by molar-refractivity contribution is 6.71. The van der Waals surface area contributed by atoms with Crippen molar-refractivity contribution in [3.63, 3.8) is 0 Å². The van der Waals surface area contributed by atoms with Crippen molar-refractivity contribution >= 4 is 20.4 Å². The van der Waals surface area contributed by atoms with Gasteiger partial charge in [-0.3, -0.25) is 4.79 Å². The van der Waals surface area contributed by atoms with E-state index in [1.54, 1.807) is 27.0 Å². The Kier molecular flexibility index (Phi) is 5.76. The van der Waals surface area contributed by atoms with E-state index in [9.17, 15) is 9.59 Å². The Hall–Kier alpha value is -1.83. The Bertz CT molecular complexity index is 503. The Morgan fingerprint density at radius 1 is 1.36 bits per heavy atom. The highest BCUT2D eigenvalue weighted by Gasteiger charge is 2.30. The van der Waals surface area contributed by atoms with Crippen LogP contribution in [0.25, 0.3) is 0 Å². The lowest BCUT2D eigenvalue weighted by Gasteiger charge is -2.25. The van der Waals surface area contributed by atoms with E-state index in [0.29, 0.717) is 0 Å². The quantitative estimate of drug-likeness (QED) is 0.809. The van der Waals surface area contributed by atoms with Crippen molar-refractivity contribution in [2.75, 3.05) is 0 Å². The molecule has 0 radical (unpaired) electrons. The average Bonchev–Trinajstić information content (AvgIpc) is 2.75. The number of aromatic amines is 1. The molecule has 7 nitrogen and oxygen atoms in total. The van der Waals surface area contributed by atoms with E-state index in [4.69, 9.17) is 9.16 Å². The number of nitrogens with one attached hydrogen (secondary N) is 2. The van der Waals surface area contributed by atoms with Crippen LogP contribution in [0, 0.1) is 0 Å². The molecule has 0 spiro atoms. The second-order valence-electron chi connectivity index (χ2n) is 7.01. The van der Waals surface area contributed by atoms with Crippen molar-refractivity contribution in [2.24, 2.45) is 0 Å². The number of aromatic nitrogens is 2. The Morgan fingerprint density at radius 2 is 2.00 bits per heavy atom. The highest BCUT2D eigenvalue weighted by Crippen LogP contribution is 2.10. The molecule has 0 aliphatic carbocycles. The second-order valence-corrected chi connectivity index (χ2v) is 11.4. The molecule has 1 rings (SSSR count). The molecule has 0 saturated carbocycles. The summed E-state index contributed by atoms with van der Waals surface area (Å²) in [7, 11) is -2.05. The van der Waals surface area contributed by atoms with Gasteiger partial charge in [0.15, 0.2) is 0 Å². The van der Waals surface area contributed by atoms with Gasteiger partial charge in [-0.1, -0.05) is 0 Å². The number of carbonyl (C=O) groups excluding carboxylic acids is 2. The SMILES string of the molecule is CC(C)(C)OC(=O)N[C@@H](Cc1cnc[nH]1)C(=O)O[Si](C)(C)C. The summed E-state index contributed by atoms with van der Waals surface area (Å²) in [5.74, 6) is -0.459. The van der Waals surface area contributed by atoms with Gasteiger partial charge in [0.1, 0.15) is 11.6 Å². The summed E-state index contributed by atoms with van der Waals surface area (Å²) >= 11 is 0. The van der Waals surface area contributed by atoms with Crippen LogP contribution < -0.4 is 5.32 Å². The number of rotatable bonds is 5. The molecule has 1 atom stereocenters. The van der Waals surface area contributed by atoms with E-state index in [1.165, 1.54) is 6.33 Å². The molecule has 0 aromatic carbocycles. The minimum absolute atomic E-state index is 0.266. The van der Waals surface area contributed by atoms with Crippen LogP contribution in [0.1, 0.15) is 26.5 Å². The van der Waals surface area contributed by atoms with Gasteiger partial charge in [0.2, 0.25) is 8.32 Å². The van der Waals surface area contributed by atoms with E-state index in [1.807, 2.05) is 19.6 Å². The van der Waals surface area contributed by atoms with Crippen LogP contribution in [0.2, 0.25) is 19.6 Å². The van der Waals surface area contributed by atoms with Gasteiger partial charge < -0.3 is 19.5 Å². The zero-order valence-corrected chi connectivity index (χ0v) is 15.0. The van der Waals surface area contributed by atoms with Crippen LogP contribution in [0.5, 0.6) is 0 Å². The molecule has 1 aromatic heterocycles. The van der Waals surface area contributed by atoms with Gasteiger partial charge in [0, 0.05) is 18.3 Å². The molecule has 0 fully saturated rings. The van der Waals surface area contributed by atoms with Gasteiger partial charge in [-0.25, -0.2) is 9.78 Å². The average molecular weight is 327 g/mol. The number of hydrogen-bond donors (Lipinski definition) is 2. The molecule has 124 valence electrons. The monoisotopic (exact) mass is 327 g/mol. The molecule has 0 unspecified atom stereocenters. The first kappa shape index (κ1) is 18.2. The molecule has 0 saturated heterocycles. The Labute approximate surface area is 131 Å². The van der Waals surface area contributed by atoms with Crippen molar-refractivity contribution in [3.05, 3.63) is 18.2 Å². The maximum absolute atomic E-state index is 12.3. The molecule has 22 heavy (non-hydrogen) atoms. The Balaban J connectivity index is 2.77. The van der Waals surface area contributed by atoms with Crippen LogP contribution in [0.4, 0.5) is 4.79 Å². The van der Waals surface area contributed by atoms with Crippen LogP contribution in [0.15, 0.2) is 12.5 Å². The predicted octanol–water partition coefficient (Wildman–Crippen LogP) is 2.22. The van der Waals surface area contributed by atoms with Crippen molar-refractivity contribution in [1.29, 1.82) is 0 Å². The van der Waals surface area contributed by atoms with Gasteiger partial charge in [-0.2, -0.15) is 0 Å². The van der Waals surface area contributed by atoms with E-state index < -0.39 is 32.0 Å². The van der Waals surface area contributed by atoms with E-state index in [-0.39, 0.29) is 6.42 Å². The molecule has 8 heteroatoms. The maximum atomic E-state index is 12.3. The summed E-state index contributed by atoms with van der Waals surface area (Å²) in [5.41, 5.74) is 0.0965. The number of hydrogen-bond acceptors (Lipinski definition) is 5. The lowest BCUT2D eigenvalue weighted by molar-refractivity contribution is -0.137. The fraction of sp³-hybridized carbons (Fsp3) is 0.643. The summed E-state index contributed by atoms with van der Waals surface area (Å²) in [5, 5.41) is 2.57. The van der Waals surface area contributed by atoms with Crippen LogP contribution >= 0.6 is 0 Å². The molecule has 1 aromatic rings. The van der Waals surface area contributed by atoms with E-state index in [0.717, 1.165) is 5.69 Å². The zero-order valence-electron chi connectivity index (χ0n) is 14.0. The number of imidazole rings is 1. The minimum atomic E-state index is -2.05. The number of carbonyl (C=O) groups is 2. The lowest BCUT2D eigenvalue weighted by Crippen LogP contribution is -2.48. The van der Waals surface area contributed by atoms with Crippen LogP contribution in [0.3, 0.4) is 0 Å². The first-order valence-corrected chi connectivity index (χ1v) is 10.6. The van der Waals surface area contributed by atoms with E-state index in [2.05, 4.69) is 15.3 Å². The number of amides is 1. The first-order chi connectivity index (χ1) is 9.96. The summed E-state index contributed by atoms with van der Waals surface area (Å²) < 4.78 is 10.7. The summed E-state index contributed by atoms with van der Waals surface area (Å²) in [4.78, 5) is 31.0. The zero-order chi connectivity index (χ0) is 17.0. The molecule has 0 aliphatic rings. The van der Waals surface area contributed by atoms with Crippen molar-refractivity contribution < 1.29 is 18.8 Å². The van der Waals surface area contributed by atoms with Gasteiger partial charge in [0.05, 0.1) is 6.33 Å². The van der Waals surface area contributed by atoms with Gasteiger partial charge >= 0.3 is 12.1 Å². The Morgan fingerprint density at radius 3 is 2.45 bits per heavy atom. The molecular formula is C14H25N3O4Si. The van der Waals surface area contributed by atoms with Gasteiger partial charge in [0.25, 0.3) is 0 Å². The topological polar surface area (TPSA) is 93.3 Å². The molecule has 1 heterocycles. The van der Waals surface area contributed by atoms with Crippen molar-refractivity contribution in [3.8, 4) is 0 Å². The predicted molar refractivity (Wildman–Crippen MR) is 84.9 cm³/mol. The van der Waals surface area contributed by atoms with E-state index >= 15 is 0 Å². The minimum Gasteiger partial charge on any atom is -0.518 e. The third-order valence-corrected chi connectivity index (χ3v) is 3.17. The normalized spacial score (nSPS) is 13.4. The van der Waals surface area contributed by atoms with Gasteiger partial charge in [-0.15, -0.1) is 0 Å². The molecule has 0 aliphatic heterocycles. The third-order valence-electron chi connectivity index (χ3n) is 2.36. The van der Waals surface area contributed by atoms with Crippen LogP contribution in [-0.4, -0.2) is 42.0 Å². The largest absolute Gasteiger partial charge is 0.518 e. The summed E-state index contributed by atoms with van der Waals surface area (Å²) in [6.45, 7) is 11.0. The smallest absolute Gasteiger partial charge is 0.408 e. The molecule has 0 bridgehead atoms. The third kappa shape index (κ3) is 7.25. The summed E-state index contributed by atoms with van der Waals surface area (Å²) in [6.07, 6.45) is 2.74. The van der Waals surface area contributed by atoms with Crippen molar-refractivity contribution in [1.82, 2.24) is 15.3 Å². The maximum Gasteiger partial charge on any atom is 0.408 e. The number of ether oxygens (including phenoxy) is 1. The standard InChI is InChI=1S/C14H25N3O4Si/c1-14(2,3)20-13(19)17-11(7-10-8-15-9-16-10)12(18)21-22(4,5)6/h8-9,11H,7H2,1-6H3,(H,15,16)(H,17,19)/t11-/m0/s1. The lowest BCUT2D eigenvalue weighted by atomic mass is 10.1. The fourth-order valence-corrected chi connectivity index (χ4v) is 2.38. The fourth-order valence-electron chi connectivity index (χ4n) is 1.63. The number of nitrogens with zero attached hydrogens (tertiary/aromatic N) is 1. The van der Waals surface area contributed by atoms with Crippen LogP contribution in [-0.2, 0) is 20.4 Å². The number of H-pyrrole nitrogens is 1. The summed E-state index contributed by atoms with van der Waals surface area (Å²) in [6, 6.07) is -0.818.